The minimum absolute atomic E-state index is 0.433. The summed E-state index contributed by atoms with van der Waals surface area (Å²) in [5.41, 5.74) is 1.15. The van der Waals surface area contributed by atoms with E-state index in [0.717, 1.165) is 11.3 Å². The number of hydrogen-bond acceptors (Lipinski definition) is 4. The van der Waals surface area contributed by atoms with Gasteiger partial charge in [0, 0.05) is 6.54 Å². The van der Waals surface area contributed by atoms with Crippen LogP contribution in [0.4, 0.5) is 0 Å². The molecule has 1 heterocycles. The van der Waals surface area contributed by atoms with Crippen molar-refractivity contribution < 1.29 is 9.90 Å². The third-order valence-corrected chi connectivity index (χ3v) is 3.42. The monoisotopic (exact) mass is 245 g/mol. The molecule has 0 saturated heterocycles. The van der Waals surface area contributed by atoms with Crippen molar-refractivity contribution in [2.75, 3.05) is 12.0 Å². The Morgan fingerprint density at radius 2 is 2.53 bits per heavy atom. The third-order valence-electron chi connectivity index (χ3n) is 2.04. The lowest BCUT2D eigenvalue weighted by atomic mass is 10.2. The van der Waals surface area contributed by atoms with Crippen LogP contribution in [-0.2, 0) is 11.3 Å². The Morgan fingerprint density at radius 1 is 1.73 bits per heavy atom. The molecule has 0 aliphatic carbocycles. The molecule has 1 rings (SSSR count). The molecule has 0 saturated carbocycles. The first-order chi connectivity index (χ1) is 7.24. The molecule has 3 nitrogen and oxygen atoms in total. The molecule has 0 amide bonds. The van der Waals surface area contributed by atoms with Crippen LogP contribution in [0.3, 0.4) is 0 Å². The van der Waals surface area contributed by atoms with Crippen molar-refractivity contribution in [3.63, 3.8) is 0 Å². The van der Waals surface area contributed by atoms with E-state index in [9.17, 15) is 4.79 Å². The predicted molar refractivity (Wildman–Crippen MR) is 65.6 cm³/mol. The van der Waals surface area contributed by atoms with Crippen molar-refractivity contribution in [2.24, 2.45) is 0 Å². The zero-order chi connectivity index (χ0) is 11.1. The van der Waals surface area contributed by atoms with Gasteiger partial charge in [-0.25, -0.2) is 0 Å². The predicted octanol–water partition coefficient (Wildman–Crippen LogP) is 2.04. The summed E-state index contributed by atoms with van der Waals surface area (Å²) in [6, 6.07) is 1.57. The smallest absolute Gasteiger partial charge is 0.320 e. The van der Waals surface area contributed by atoms with Crippen LogP contribution in [-0.4, -0.2) is 29.1 Å². The van der Waals surface area contributed by atoms with Gasteiger partial charge in [0.05, 0.1) is 0 Å². The summed E-state index contributed by atoms with van der Waals surface area (Å²) in [5, 5.41) is 16.0. The van der Waals surface area contributed by atoms with Gasteiger partial charge in [-0.2, -0.15) is 23.1 Å². The van der Waals surface area contributed by atoms with Crippen LogP contribution in [0.5, 0.6) is 0 Å². The van der Waals surface area contributed by atoms with Gasteiger partial charge in [0.1, 0.15) is 6.04 Å². The third kappa shape index (κ3) is 4.68. The number of hydrogen-bond donors (Lipinski definition) is 2. The van der Waals surface area contributed by atoms with Crippen molar-refractivity contribution >= 4 is 29.1 Å². The molecule has 5 heteroatoms. The number of thioether (sulfide) groups is 1. The maximum atomic E-state index is 10.9. The second-order valence-electron chi connectivity index (χ2n) is 3.18. The lowest BCUT2D eigenvalue weighted by molar-refractivity contribution is -0.139. The van der Waals surface area contributed by atoms with Crippen molar-refractivity contribution in [3.8, 4) is 0 Å². The van der Waals surface area contributed by atoms with Gasteiger partial charge in [-0.3, -0.25) is 4.79 Å². The van der Waals surface area contributed by atoms with Crippen LogP contribution in [0.15, 0.2) is 16.8 Å². The Balaban J connectivity index is 2.34. The van der Waals surface area contributed by atoms with Crippen LogP contribution in [0.25, 0.3) is 0 Å². The molecular formula is C10H15NO2S2. The van der Waals surface area contributed by atoms with E-state index >= 15 is 0 Å². The van der Waals surface area contributed by atoms with Crippen molar-refractivity contribution in [2.45, 2.75) is 19.0 Å². The van der Waals surface area contributed by atoms with Gasteiger partial charge in [0.25, 0.3) is 0 Å². The largest absolute Gasteiger partial charge is 0.480 e. The van der Waals surface area contributed by atoms with E-state index in [-0.39, 0.29) is 0 Å². The van der Waals surface area contributed by atoms with Crippen molar-refractivity contribution in [1.82, 2.24) is 5.32 Å². The topological polar surface area (TPSA) is 49.3 Å². The maximum Gasteiger partial charge on any atom is 0.320 e. The van der Waals surface area contributed by atoms with Crippen LogP contribution >= 0.6 is 23.1 Å². The molecule has 1 unspecified atom stereocenters. The van der Waals surface area contributed by atoms with Gasteiger partial charge in [0.2, 0.25) is 0 Å². The SMILES string of the molecule is CSCCC(NCc1ccsc1)C(=O)O. The summed E-state index contributed by atoms with van der Waals surface area (Å²) in [4.78, 5) is 10.9. The molecular weight excluding hydrogens is 230 g/mol. The number of carboxylic acids is 1. The summed E-state index contributed by atoms with van der Waals surface area (Å²) < 4.78 is 0. The number of carboxylic acid groups (broad SMARTS) is 1. The summed E-state index contributed by atoms with van der Waals surface area (Å²) in [6.45, 7) is 0.634. The molecule has 0 aliphatic heterocycles. The standard InChI is InChI=1S/C10H15NO2S2/c1-14-4-3-9(10(12)13)11-6-8-2-5-15-7-8/h2,5,7,9,11H,3-4,6H2,1H3,(H,12,13). The summed E-state index contributed by atoms with van der Waals surface area (Å²) in [6.07, 6.45) is 2.65. The number of rotatable bonds is 7. The van der Waals surface area contributed by atoms with Gasteiger partial charge in [-0.1, -0.05) is 0 Å². The van der Waals surface area contributed by atoms with Gasteiger partial charge >= 0.3 is 5.97 Å². The minimum Gasteiger partial charge on any atom is -0.480 e. The van der Waals surface area contributed by atoms with E-state index in [0.29, 0.717) is 13.0 Å². The molecule has 0 spiro atoms. The average Bonchev–Trinajstić information content (AvgIpc) is 2.70. The minimum atomic E-state index is -0.765. The Morgan fingerprint density at radius 3 is 3.07 bits per heavy atom. The molecule has 0 aliphatic rings. The summed E-state index contributed by atoms with van der Waals surface area (Å²) in [5.74, 6) is 0.104. The highest BCUT2D eigenvalue weighted by Gasteiger charge is 2.15. The zero-order valence-electron chi connectivity index (χ0n) is 8.60. The van der Waals surface area contributed by atoms with E-state index in [4.69, 9.17) is 5.11 Å². The number of thiophene rings is 1. The van der Waals surface area contributed by atoms with E-state index in [1.165, 1.54) is 0 Å². The Labute approximate surface area is 97.9 Å². The molecule has 0 bridgehead atoms. The molecule has 1 aromatic rings. The number of carbonyl (C=O) groups is 1. The van der Waals surface area contributed by atoms with Gasteiger partial charge in [-0.15, -0.1) is 0 Å². The first-order valence-corrected chi connectivity index (χ1v) is 7.04. The maximum absolute atomic E-state index is 10.9. The highest BCUT2D eigenvalue weighted by Crippen LogP contribution is 2.07. The van der Waals surface area contributed by atoms with E-state index in [1.54, 1.807) is 23.1 Å². The summed E-state index contributed by atoms with van der Waals surface area (Å²) >= 11 is 3.30. The van der Waals surface area contributed by atoms with Gasteiger partial charge < -0.3 is 10.4 Å². The average molecular weight is 245 g/mol. The first kappa shape index (κ1) is 12.5. The molecule has 1 aromatic heterocycles. The van der Waals surface area contributed by atoms with Gasteiger partial charge in [-0.05, 0) is 40.8 Å². The fraction of sp³-hybridized carbons (Fsp3) is 0.500. The molecule has 0 fully saturated rings. The normalized spacial score (nSPS) is 12.6. The first-order valence-electron chi connectivity index (χ1n) is 4.70. The Hall–Kier alpha value is -0.520. The van der Waals surface area contributed by atoms with E-state index in [1.807, 2.05) is 23.1 Å². The highest BCUT2D eigenvalue weighted by molar-refractivity contribution is 7.98. The lowest BCUT2D eigenvalue weighted by Crippen LogP contribution is -2.36. The zero-order valence-corrected chi connectivity index (χ0v) is 10.2. The fourth-order valence-electron chi connectivity index (χ4n) is 1.18. The number of aliphatic carboxylic acids is 1. The lowest BCUT2D eigenvalue weighted by Gasteiger charge is -2.12. The second kappa shape index (κ2) is 6.87. The van der Waals surface area contributed by atoms with E-state index < -0.39 is 12.0 Å². The van der Waals surface area contributed by atoms with Crippen LogP contribution < -0.4 is 5.32 Å². The quantitative estimate of drug-likeness (QED) is 0.772. The molecule has 84 valence electrons. The van der Waals surface area contributed by atoms with Crippen LogP contribution in [0, 0.1) is 0 Å². The number of nitrogens with one attached hydrogen (secondary N) is 1. The van der Waals surface area contributed by atoms with Crippen LogP contribution in [0.2, 0.25) is 0 Å². The highest BCUT2D eigenvalue weighted by atomic mass is 32.2. The molecule has 1 atom stereocenters. The second-order valence-corrected chi connectivity index (χ2v) is 4.95. The van der Waals surface area contributed by atoms with Gasteiger partial charge in [0.15, 0.2) is 0 Å². The Kier molecular flexibility index (Phi) is 5.75. The molecule has 15 heavy (non-hydrogen) atoms. The molecule has 0 aromatic carbocycles. The molecule has 2 N–H and O–H groups in total. The van der Waals surface area contributed by atoms with Crippen molar-refractivity contribution in [1.29, 1.82) is 0 Å². The van der Waals surface area contributed by atoms with E-state index in [2.05, 4.69) is 5.32 Å². The van der Waals surface area contributed by atoms with Crippen LogP contribution in [0.1, 0.15) is 12.0 Å². The summed E-state index contributed by atoms with van der Waals surface area (Å²) in [7, 11) is 0. The molecule has 0 radical (unpaired) electrons. The van der Waals surface area contributed by atoms with Crippen molar-refractivity contribution in [3.05, 3.63) is 22.4 Å². The fourth-order valence-corrected chi connectivity index (χ4v) is 2.32. The Bertz CT molecular complexity index is 288.